The summed E-state index contributed by atoms with van der Waals surface area (Å²) in [4.78, 5) is 51.1. The maximum absolute atomic E-state index is 14.4. The minimum absolute atomic E-state index is 0.0264. The maximum atomic E-state index is 14.4. The summed E-state index contributed by atoms with van der Waals surface area (Å²) in [5.41, 5.74) is 0. The van der Waals surface area contributed by atoms with E-state index in [1.807, 2.05) is 6.08 Å². The molecular formula is C78H143O24P. The van der Waals surface area contributed by atoms with Gasteiger partial charge in [-0.05, 0) is 31.6 Å². The van der Waals surface area contributed by atoms with Gasteiger partial charge in [0.15, 0.2) is 18.7 Å². The molecule has 3 aliphatic rings. The molecule has 19 atom stereocenters. The number of rotatable bonds is 63. The van der Waals surface area contributed by atoms with Crippen molar-refractivity contribution in [2.75, 3.05) is 26.4 Å². The summed E-state index contributed by atoms with van der Waals surface area (Å²) in [6.07, 6.45) is 20.1. The Morgan fingerprint density at radius 3 is 1.22 bits per heavy atom. The van der Waals surface area contributed by atoms with Crippen molar-refractivity contribution in [2.45, 2.75) is 421 Å². The average Bonchev–Trinajstić information content (AvgIpc) is 0.755. The summed E-state index contributed by atoms with van der Waals surface area (Å²) in [5, 5.41) is 110. The smallest absolute Gasteiger partial charge is 0.463 e. The highest BCUT2D eigenvalue weighted by molar-refractivity contribution is 7.47. The molecule has 0 aromatic heterocycles. The van der Waals surface area contributed by atoms with Crippen LogP contribution in [0, 0.1) is 5.92 Å². The second-order valence-electron chi connectivity index (χ2n) is 29.5. The van der Waals surface area contributed by atoms with Gasteiger partial charge in [0.05, 0.1) is 13.2 Å². The molecule has 3 rings (SSSR count). The van der Waals surface area contributed by atoms with Crippen LogP contribution < -0.4 is 0 Å². The van der Waals surface area contributed by atoms with E-state index in [4.69, 9.17) is 42.2 Å². The number of hydrogen-bond donors (Lipinski definition) is 11. The molecule has 19 unspecified atom stereocenters. The number of allylic oxidation sites excluding steroid dienone is 3. The van der Waals surface area contributed by atoms with Gasteiger partial charge < -0.3 is 89.1 Å². The van der Waals surface area contributed by atoms with Crippen molar-refractivity contribution >= 4 is 25.7 Å². The first kappa shape index (κ1) is 94.6. The zero-order valence-electron chi connectivity index (χ0n) is 63.5. The van der Waals surface area contributed by atoms with Crippen molar-refractivity contribution in [3.8, 4) is 0 Å². The van der Waals surface area contributed by atoms with Gasteiger partial charge in [-0.25, -0.2) is 9.36 Å². The van der Waals surface area contributed by atoms with Crippen molar-refractivity contribution in [2.24, 2.45) is 5.92 Å². The van der Waals surface area contributed by atoms with Gasteiger partial charge in [0.2, 0.25) is 0 Å². The summed E-state index contributed by atoms with van der Waals surface area (Å²) in [5.74, 6) is -1.54. The molecule has 2 aliphatic heterocycles. The third kappa shape index (κ3) is 41.2. The Morgan fingerprint density at radius 1 is 0.427 bits per heavy atom. The summed E-state index contributed by atoms with van der Waals surface area (Å²) in [6.45, 7) is 5.70. The zero-order valence-corrected chi connectivity index (χ0v) is 64.4. The normalized spacial score (nSPS) is 27.3. The highest BCUT2D eigenvalue weighted by Gasteiger charge is 2.58. The van der Waals surface area contributed by atoms with E-state index < -0.39 is 156 Å². The van der Waals surface area contributed by atoms with E-state index in [0.717, 1.165) is 96.0 Å². The van der Waals surface area contributed by atoms with Gasteiger partial charge in [-0.1, -0.05) is 296 Å². The Bertz CT molecular complexity index is 2230. The molecule has 1 saturated carbocycles. The van der Waals surface area contributed by atoms with Gasteiger partial charge in [-0.2, -0.15) is 0 Å². The van der Waals surface area contributed by atoms with Crippen LogP contribution >= 0.6 is 7.82 Å². The lowest BCUT2D eigenvalue weighted by atomic mass is 9.84. The van der Waals surface area contributed by atoms with Gasteiger partial charge in [-0.15, -0.1) is 0 Å². The SMILES string of the molecule is CCCCCCCCCCCCC/C=C/C=C/C(=O)OC(COC(=O)CCCCCCCCC(C)CCCCCCCC)COP(=O)(O)OC1C(OC2OC(CO)C(O)C(O)C2O)C(O)C(O)C(O)C1OC1OC(COC(=O)CCCCCCCCCCCCCCCCCCC)C(O)C(O)C1O. The largest absolute Gasteiger partial charge is 0.472 e. The van der Waals surface area contributed by atoms with E-state index in [-0.39, 0.29) is 12.8 Å². The zero-order chi connectivity index (χ0) is 75.5. The van der Waals surface area contributed by atoms with Crippen LogP contribution in [0.15, 0.2) is 24.3 Å². The Morgan fingerprint density at radius 2 is 0.796 bits per heavy atom. The fraction of sp³-hybridized carbons (Fsp3) is 0.910. The fourth-order valence-electron chi connectivity index (χ4n) is 13.6. The van der Waals surface area contributed by atoms with Crippen molar-refractivity contribution in [1.82, 2.24) is 0 Å². The van der Waals surface area contributed by atoms with E-state index in [1.54, 1.807) is 6.08 Å². The van der Waals surface area contributed by atoms with Crippen LogP contribution in [0.3, 0.4) is 0 Å². The molecule has 3 fully saturated rings. The molecular weight excluding hydrogens is 1350 g/mol. The van der Waals surface area contributed by atoms with Gasteiger partial charge in [0.1, 0.15) is 98.7 Å². The van der Waals surface area contributed by atoms with Crippen LogP contribution in [-0.4, -0.2) is 204 Å². The Hall–Kier alpha value is -2.56. The first-order chi connectivity index (χ1) is 49.7. The Kier molecular flexibility index (Phi) is 53.7. The molecule has 2 heterocycles. The molecule has 11 N–H and O–H groups in total. The lowest BCUT2D eigenvalue weighted by Crippen LogP contribution is -2.69. The van der Waals surface area contributed by atoms with Crippen molar-refractivity contribution in [1.29, 1.82) is 0 Å². The van der Waals surface area contributed by atoms with Crippen LogP contribution in [0.4, 0.5) is 0 Å². The van der Waals surface area contributed by atoms with Crippen LogP contribution in [0.1, 0.15) is 317 Å². The molecule has 1 aliphatic carbocycles. The summed E-state index contributed by atoms with van der Waals surface area (Å²) in [6, 6.07) is 0. The topological polar surface area (TPSA) is 374 Å². The van der Waals surface area contributed by atoms with Gasteiger partial charge in [-0.3, -0.25) is 18.6 Å². The average molecular weight is 1500 g/mol. The molecule has 25 heteroatoms. The molecule has 604 valence electrons. The molecule has 0 bridgehead atoms. The third-order valence-corrected chi connectivity index (χ3v) is 21.2. The van der Waals surface area contributed by atoms with E-state index >= 15 is 0 Å². The number of phosphoric ester groups is 1. The lowest BCUT2D eigenvalue weighted by Gasteiger charge is -2.49. The van der Waals surface area contributed by atoms with E-state index in [9.17, 15) is 74.9 Å². The third-order valence-electron chi connectivity index (χ3n) is 20.2. The molecule has 0 radical (unpaired) electrons. The van der Waals surface area contributed by atoms with Crippen LogP contribution in [0.2, 0.25) is 0 Å². The summed E-state index contributed by atoms with van der Waals surface area (Å²) in [7, 11) is -5.73. The molecule has 2 saturated heterocycles. The van der Waals surface area contributed by atoms with Crippen LogP contribution in [-0.2, 0) is 61.2 Å². The highest BCUT2D eigenvalue weighted by atomic mass is 31.2. The number of esters is 3. The first-order valence-corrected chi connectivity index (χ1v) is 42.0. The number of ether oxygens (including phenoxy) is 7. The highest BCUT2D eigenvalue weighted by Crippen LogP contribution is 2.49. The van der Waals surface area contributed by atoms with Crippen molar-refractivity contribution < 1.29 is 117 Å². The monoisotopic (exact) mass is 1490 g/mol. The van der Waals surface area contributed by atoms with Gasteiger partial charge in [0.25, 0.3) is 0 Å². The van der Waals surface area contributed by atoms with Crippen LogP contribution in [0.5, 0.6) is 0 Å². The minimum atomic E-state index is -5.73. The number of carbonyl (C=O) groups is 3. The van der Waals surface area contributed by atoms with E-state index in [2.05, 4.69) is 27.7 Å². The standard InChI is InChI=1S/C78H143O24P/c1-5-8-11-14-17-19-21-23-25-26-28-29-31-33-35-41-47-52-63(81)95-57-61-66(84)68(86)73(91)78(99-61)101-75-71(89)69(87)70(88)74(100-77-72(90)67(85)65(83)60(54-79)98-77)76(75)102-103(92,93)96-56-59(97-64(82)53-48-43-36-34-32-30-27-24-22-20-18-15-12-9-6-2)55-94-62(80)51-46-42-38-37-40-45-50-58(4)49-44-39-16-13-10-7-3/h36,43,48,53,58-61,65-79,83-91H,5-35,37-42,44-47,49-52,54-57H2,1-4H3,(H,92,93)/b43-36+,53-48+. The predicted molar refractivity (Wildman–Crippen MR) is 393 cm³/mol. The molecule has 103 heavy (non-hydrogen) atoms. The predicted octanol–water partition coefficient (Wildman–Crippen LogP) is 12.3. The van der Waals surface area contributed by atoms with E-state index in [0.29, 0.717) is 18.8 Å². The Labute approximate surface area is 617 Å². The number of unbranched alkanes of at least 4 members (excludes halogenated alkanes) is 37. The quantitative estimate of drug-likeness (QED) is 0.00673. The van der Waals surface area contributed by atoms with E-state index in [1.165, 1.54) is 179 Å². The lowest BCUT2D eigenvalue weighted by molar-refractivity contribution is -0.360. The second kappa shape index (κ2) is 58.4. The van der Waals surface area contributed by atoms with Crippen LogP contribution in [0.25, 0.3) is 0 Å². The second-order valence-corrected chi connectivity index (χ2v) is 30.9. The first-order valence-electron chi connectivity index (χ1n) is 40.6. The van der Waals surface area contributed by atoms with Gasteiger partial charge >= 0.3 is 25.7 Å². The molecule has 0 amide bonds. The number of carbonyl (C=O) groups excluding carboxylic acids is 3. The molecule has 0 aromatic rings. The molecule has 0 aromatic carbocycles. The molecule has 24 nitrogen and oxygen atoms in total. The summed E-state index contributed by atoms with van der Waals surface area (Å²) < 4.78 is 65.0. The summed E-state index contributed by atoms with van der Waals surface area (Å²) >= 11 is 0. The minimum Gasteiger partial charge on any atom is -0.463 e. The number of phosphoric acid groups is 1. The van der Waals surface area contributed by atoms with Crippen molar-refractivity contribution in [3.05, 3.63) is 24.3 Å². The number of aliphatic hydroxyl groups is 10. The number of aliphatic hydroxyl groups excluding tert-OH is 10. The number of hydrogen-bond acceptors (Lipinski definition) is 23. The van der Waals surface area contributed by atoms with Gasteiger partial charge in [0, 0.05) is 18.9 Å². The maximum Gasteiger partial charge on any atom is 0.472 e. The van der Waals surface area contributed by atoms with Crippen molar-refractivity contribution in [3.63, 3.8) is 0 Å². The molecule has 0 spiro atoms. The fourth-order valence-corrected chi connectivity index (χ4v) is 14.5. The Balaban J connectivity index is 1.72.